The number of carbonyl (C=O) groups is 1. The first kappa shape index (κ1) is 24.7. The van der Waals surface area contributed by atoms with Crippen molar-refractivity contribution in [3.05, 3.63) is 86.6 Å². The summed E-state index contributed by atoms with van der Waals surface area (Å²) in [6.45, 7) is 10.1. The van der Waals surface area contributed by atoms with Gasteiger partial charge in [-0.25, -0.2) is 4.98 Å². The first-order chi connectivity index (χ1) is 17.8. The molecule has 4 heterocycles. The number of aromatic amines is 1. The smallest absolute Gasteiger partial charge is 0.253 e. The van der Waals surface area contributed by atoms with Crippen LogP contribution in [-0.4, -0.2) is 38.5 Å². The second-order valence-corrected chi connectivity index (χ2v) is 10.0. The van der Waals surface area contributed by atoms with Crippen LogP contribution in [0.15, 0.2) is 47.4 Å². The van der Waals surface area contributed by atoms with Crippen molar-refractivity contribution in [3.63, 3.8) is 0 Å². The van der Waals surface area contributed by atoms with Crippen molar-refractivity contribution >= 4 is 22.9 Å². The zero-order chi connectivity index (χ0) is 26.1. The fraction of sp³-hybridized carbons (Fsp3) is 0.379. The Morgan fingerprint density at radius 2 is 1.84 bits per heavy atom. The molecule has 192 valence electrons. The number of hydrogen-bond donors (Lipinski definition) is 2. The number of carbonyl (C=O) groups excluding carboxylic acids is 1. The maximum Gasteiger partial charge on any atom is 0.253 e. The molecule has 0 bridgehead atoms. The lowest BCUT2D eigenvalue weighted by Crippen LogP contribution is -2.29. The highest BCUT2D eigenvalue weighted by Crippen LogP contribution is 2.32. The third-order valence-electron chi connectivity index (χ3n) is 7.46. The van der Waals surface area contributed by atoms with Gasteiger partial charge in [0.1, 0.15) is 5.65 Å². The molecule has 0 aliphatic carbocycles. The Labute approximate surface area is 216 Å². The van der Waals surface area contributed by atoms with Crippen molar-refractivity contribution in [1.82, 2.24) is 24.8 Å². The molecule has 2 N–H and O–H groups in total. The standard InChI is InChI=1S/C29H34N6O2/c1-18-14-19(2)32-28(37)24(18)16-30-26(36)15-23-21(4)35(20(3)22-10-6-5-7-11-22)27-25(23)17-31-29(33-27)34-12-8-9-13-34/h5-7,10-11,14,17,20H,8-9,12-13,15-16H2,1-4H3,(H,30,36)(H,32,37)/t20-/m1/s1. The first-order valence-corrected chi connectivity index (χ1v) is 13.0. The number of aromatic nitrogens is 4. The van der Waals surface area contributed by atoms with Gasteiger partial charge < -0.3 is 19.8 Å². The lowest BCUT2D eigenvalue weighted by Gasteiger charge is -2.19. The van der Waals surface area contributed by atoms with E-state index in [9.17, 15) is 9.59 Å². The van der Waals surface area contributed by atoms with Gasteiger partial charge in [-0.2, -0.15) is 4.98 Å². The molecule has 5 rings (SSSR count). The molecule has 1 aliphatic heterocycles. The van der Waals surface area contributed by atoms with E-state index in [4.69, 9.17) is 9.97 Å². The average Bonchev–Trinajstić information content (AvgIpc) is 3.50. The Morgan fingerprint density at radius 1 is 1.11 bits per heavy atom. The van der Waals surface area contributed by atoms with E-state index in [2.05, 4.69) is 38.8 Å². The number of H-pyrrole nitrogens is 1. The Kier molecular flexibility index (Phi) is 6.82. The first-order valence-electron chi connectivity index (χ1n) is 13.0. The largest absolute Gasteiger partial charge is 0.352 e. The fourth-order valence-electron chi connectivity index (χ4n) is 5.42. The summed E-state index contributed by atoms with van der Waals surface area (Å²) in [5.41, 5.74) is 6.03. The summed E-state index contributed by atoms with van der Waals surface area (Å²) >= 11 is 0. The third-order valence-corrected chi connectivity index (χ3v) is 7.46. The molecular weight excluding hydrogens is 464 g/mol. The highest BCUT2D eigenvalue weighted by atomic mass is 16.1. The van der Waals surface area contributed by atoms with Gasteiger partial charge in [0.2, 0.25) is 11.9 Å². The van der Waals surface area contributed by atoms with Crippen molar-refractivity contribution in [2.45, 2.75) is 59.5 Å². The summed E-state index contributed by atoms with van der Waals surface area (Å²) in [7, 11) is 0. The molecule has 1 aromatic carbocycles. The third kappa shape index (κ3) is 4.88. The second-order valence-electron chi connectivity index (χ2n) is 10.0. The maximum absolute atomic E-state index is 13.1. The van der Waals surface area contributed by atoms with Gasteiger partial charge in [0, 0.05) is 48.2 Å². The summed E-state index contributed by atoms with van der Waals surface area (Å²) in [5, 5.41) is 3.84. The van der Waals surface area contributed by atoms with Crippen molar-refractivity contribution in [2.75, 3.05) is 18.0 Å². The minimum atomic E-state index is -0.162. The van der Waals surface area contributed by atoms with Crippen molar-refractivity contribution in [1.29, 1.82) is 0 Å². The van der Waals surface area contributed by atoms with Gasteiger partial charge in [0.15, 0.2) is 0 Å². The Morgan fingerprint density at radius 3 is 2.54 bits per heavy atom. The second kappa shape index (κ2) is 10.2. The van der Waals surface area contributed by atoms with Crippen LogP contribution >= 0.6 is 0 Å². The summed E-state index contributed by atoms with van der Waals surface area (Å²) < 4.78 is 2.23. The maximum atomic E-state index is 13.1. The lowest BCUT2D eigenvalue weighted by molar-refractivity contribution is -0.120. The minimum absolute atomic E-state index is 0.0376. The predicted molar refractivity (Wildman–Crippen MR) is 146 cm³/mol. The van der Waals surface area contributed by atoms with E-state index in [-0.39, 0.29) is 30.5 Å². The number of anilines is 1. The molecule has 1 fully saturated rings. The Hall–Kier alpha value is -3.94. The molecular formula is C29H34N6O2. The fourth-order valence-corrected chi connectivity index (χ4v) is 5.42. The number of fused-ring (bicyclic) bond motifs is 1. The van der Waals surface area contributed by atoms with Gasteiger partial charge in [0.25, 0.3) is 5.56 Å². The zero-order valence-electron chi connectivity index (χ0n) is 22.0. The highest BCUT2D eigenvalue weighted by molar-refractivity contribution is 5.89. The van der Waals surface area contributed by atoms with E-state index in [0.29, 0.717) is 5.56 Å². The van der Waals surface area contributed by atoms with Crippen LogP contribution in [-0.2, 0) is 17.8 Å². The molecule has 1 atom stereocenters. The van der Waals surface area contributed by atoms with Gasteiger partial charge in [-0.15, -0.1) is 0 Å². The SMILES string of the molecule is Cc1cc(C)c(CNC(=O)Cc2c(C)n([C@H](C)c3ccccc3)c3nc(N4CCCC4)ncc23)c(=O)[nH]1. The monoisotopic (exact) mass is 498 g/mol. The molecule has 0 saturated carbocycles. The number of hydrogen-bond acceptors (Lipinski definition) is 5. The molecule has 8 heteroatoms. The molecule has 1 saturated heterocycles. The molecule has 0 radical (unpaired) electrons. The van der Waals surface area contributed by atoms with Crippen LogP contribution in [0.2, 0.25) is 0 Å². The summed E-state index contributed by atoms with van der Waals surface area (Å²) in [6.07, 6.45) is 4.36. The van der Waals surface area contributed by atoms with E-state index in [1.807, 2.05) is 51.2 Å². The number of amides is 1. The Bertz CT molecular complexity index is 1500. The zero-order valence-corrected chi connectivity index (χ0v) is 22.0. The van der Waals surface area contributed by atoms with Crippen molar-refractivity contribution < 1.29 is 4.79 Å². The van der Waals surface area contributed by atoms with Crippen LogP contribution in [0.4, 0.5) is 5.95 Å². The van der Waals surface area contributed by atoms with Gasteiger partial charge in [-0.3, -0.25) is 9.59 Å². The van der Waals surface area contributed by atoms with E-state index < -0.39 is 0 Å². The predicted octanol–water partition coefficient (Wildman–Crippen LogP) is 4.11. The van der Waals surface area contributed by atoms with Gasteiger partial charge in [0.05, 0.1) is 12.5 Å². The average molecular weight is 499 g/mol. The number of rotatable bonds is 7. The van der Waals surface area contributed by atoms with Crippen LogP contribution in [0, 0.1) is 20.8 Å². The number of nitrogens with zero attached hydrogens (tertiary/aromatic N) is 4. The number of benzene rings is 1. The van der Waals surface area contributed by atoms with Crippen molar-refractivity contribution in [2.24, 2.45) is 0 Å². The lowest BCUT2D eigenvalue weighted by atomic mass is 10.1. The summed E-state index contributed by atoms with van der Waals surface area (Å²) in [6, 6.07) is 12.3. The van der Waals surface area contributed by atoms with Crippen molar-refractivity contribution in [3.8, 4) is 0 Å². The molecule has 1 amide bonds. The molecule has 3 aromatic heterocycles. The van der Waals surface area contributed by atoms with Crippen LogP contribution in [0.1, 0.15) is 59.4 Å². The molecule has 37 heavy (non-hydrogen) atoms. The molecule has 4 aromatic rings. The van der Waals surface area contributed by atoms with Gasteiger partial charge in [-0.1, -0.05) is 30.3 Å². The summed E-state index contributed by atoms with van der Waals surface area (Å²) in [5.74, 6) is 0.603. The van der Waals surface area contributed by atoms with E-state index in [0.717, 1.165) is 65.4 Å². The highest BCUT2D eigenvalue weighted by Gasteiger charge is 2.24. The van der Waals surface area contributed by atoms with Crippen LogP contribution in [0.25, 0.3) is 11.0 Å². The normalized spacial score (nSPS) is 14.3. The van der Waals surface area contributed by atoms with Crippen LogP contribution in [0.3, 0.4) is 0 Å². The Balaban J connectivity index is 1.49. The van der Waals surface area contributed by atoms with Gasteiger partial charge >= 0.3 is 0 Å². The summed E-state index contributed by atoms with van der Waals surface area (Å²) in [4.78, 5) is 40.3. The van der Waals surface area contributed by atoms with Crippen LogP contribution < -0.4 is 15.8 Å². The van der Waals surface area contributed by atoms with E-state index in [1.54, 1.807) is 0 Å². The number of pyridine rings is 1. The quantitative estimate of drug-likeness (QED) is 0.400. The minimum Gasteiger partial charge on any atom is -0.352 e. The molecule has 0 unspecified atom stereocenters. The molecule has 0 spiro atoms. The molecule has 8 nitrogen and oxygen atoms in total. The van der Waals surface area contributed by atoms with Crippen LogP contribution in [0.5, 0.6) is 0 Å². The number of aryl methyl sites for hydroxylation is 2. The number of nitrogens with one attached hydrogen (secondary N) is 2. The van der Waals surface area contributed by atoms with E-state index in [1.165, 1.54) is 5.56 Å². The van der Waals surface area contributed by atoms with Gasteiger partial charge in [-0.05, 0) is 63.3 Å². The van der Waals surface area contributed by atoms with E-state index >= 15 is 0 Å². The topological polar surface area (TPSA) is 95.9 Å². The molecule has 1 aliphatic rings.